The number of anilines is 1. The lowest BCUT2D eigenvalue weighted by Gasteiger charge is -2.10. The van der Waals surface area contributed by atoms with Crippen molar-refractivity contribution in [1.82, 2.24) is 0 Å². The van der Waals surface area contributed by atoms with Crippen molar-refractivity contribution in [3.05, 3.63) is 23.2 Å². The van der Waals surface area contributed by atoms with E-state index in [0.29, 0.717) is 22.4 Å². The summed E-state index contributed by atoms with van der Waals surface area (Å²) in [6.07, 6.45) is 0.836. The third-order valence-electron chi connectivity index (χ3n) is 3.19. The number of benzene rings is 1. The van der Waals surface area contributed by atoms with Gasteiger partial charge in [-0.2, -0.15) is 0 Å². The van der Waals surface area contributed by atoms with E-state index in [1.165, 1.54) is 7.11 Å². The zero-order chi connectivity index (χ0) is 14.7. The zero-order valence-electron chi connectivity index (χ0n) is 11.3. The molecule has 6 heteroatoms. The Kier molecular flexibility index (Phi) is 4.49. The van der Waals surface area contributed by atoms with Crippen LogP contribution in [0, 0.1) is 11.8 Å². The van der Waals surface area contributed by atoms with Crippen LogP contribution in [-0.4, -0.2) is 25.6 Å². The number of ether oxygens (including phenoxy) is 2. The van der Waals surface area contributed by atoms with Gasteiger partial charge in [-0.05, 0) is 30.5 Å². The first-order valence-corrected chi connectivity index (χ1v) is 6.69. The summed E-state index contributed by atoms with van der Waals surface area (Å²) in [5.74, 6) is 0.0601. The van der Waals surface area contributed by atoms with Crippen LogP contribution in [0.1, 0.15) is 13.3 Å². The summed E-state index contributed by atoms with van der Waals surface area (Å²) in [7, 11) is 1.49. The van der Waals surface area contributed by atoms with E-state index < -0.39 is 5.91 Å². The smallest absolute Gasteiger partial charge is 0.309 e. The lowest BCUT2D eigenvalue weighted by molar-refractivity contribution is -0.148. The molecule has 0 aliphatic heterocycles. The second-order valence-corrected chi connectivity index (χ2v) is 5.26. The molecule has 1 saturated carbocycles. The lowest BCUT2D eigenvalue weighted by atomic mass is 10.3. The standard InChI is InChI=1S/C14H16ClNO4/c1-8-5-10(8)14(18)20-7-13(17)16-11-6-9(15)3-4-12(11)19-2/h3-4,6,8,10H,5,7H2,1-2H3,(H,16,17)/t8-,10-/m1/s1. The highest BCUT2D eigenvalue weighted by molar-refractivity contribution is 6.31. The Bertz CT molecular complexity index is 532. The molecule has 0 radical (unpaired) electrons. The molecule has 20 heavy (non-hydrogen) atoms. The molecule has 1 aromatic carbocycles. The normalized spacial score (nSPS) is 20.1. The van der Waals surface area contributed by atoms with Crippen LogP contribution in [0.25, 0.3) is 0 Å². The Morgan fingerprint density at radius 3 is 2.75 bits per heavy atom. The molecule has 1 aliphatic rings. The topological polar surface area (TPSA) is 64.6 Å². The minimum Gasteiger partial charge on any atom is -0.495 e. The summed E-state index contributed by atoms with van der Waals surface area (Å²) in [5, 5.41) is 3.08. The van der Waals surface area contributed by atoms with Crippen molar-refractivity contribution in [2.75, 3.05) is 19.0 Å². The second kappa shape index (κ2) is 6.13. The molecule has 0 unspecified atom stereocenters. The van der Waals surface area contributed by atoms with Crippen molar-refractivity contribution in [2.24, 2.45) is 11.8 Å². The fourth-order valence-electron chi connectivity index (χ4n) is 1.86. The molecule has 1 N–H and O–H groups in total. The quantitative estimate of drug-likeness (QED) is 0.848. The molecule has 0 bridgehead atoms. The Morgan fingerprint density at radius 2 is 2.15 bits per heavy atom. The molecule has 0 spiro atoms. The highest BCUT2D eigenvalue weighted by Crippen LogP contribution is 2.38. The molecule has 108 valence electrons. The van der Waals surface area contributed by atoms with Crippen LogP contribution >= 0.6 is 11.6 Å². The van der Waals surface area contributed by atoms with E-state index in [2.05, 4.69) is 5.32 Å². The number of rotatable bonds is 5. The van der Waals surface area contributed by atoms with Gasteiger partial charge in [-0.15, -0.1) is 0 Å². The van der Waals surface area contributed by atoms with E-state index in [1.807, 2.05) is 6.92 Å². The van der Waals surface area contributed by atoms with Gasteiger partial charge in [0.1, 0.15) is 5.75 Å². The first-order valence-electron chi connectivity index (χ1n) is 6.31. The molecular weight excluding hydrogens is 282 g/mol. The van der Waals surface area contributed by atoms with Crippen LogP contribution in [0.5, 0.6) is 5.75 Å². The highest BCUT2D eigenvalue weighted by atomic mass is 35.5. The first kappa shape index (κ1) is 14.7. The van der Waals surface area contributed by atoms with Gasteiger partial charge in [0.2, 0.25) is 0 Å². The van der Waals surface area contributed by atoms with Gasteiger partial charge in [0.15, 0.2) is 6.61 Å². The van der Waals surface area contributed by atoms with Crippen LogP contribution < -0.4 is 10.1 Å². The number of carbonyl (C=O) groups is 2. The molecule has 0 aromatic heterocycles. The predicted molar refractivity (Wildman–Crippen MR) is 74.9 cm³/mol. The molecule has 1 aliphatic carbocycles. The molecule has 2 rings (SSSR count). The van der Waals surface area contributed by atoms with E-state index in [9.17, 15) is 9.59 Å². The molecule has 5 nitrogen and oxygen atoms in total. The fraction of sp³-hybridized carbons (Fsp3) is 0.429. The molecule has 0 saturated heterocycles. The van der Waals surface area contributed by atoms with Crippen molar-refractivity contribution in [3.63, 3.8) is 0 Å². The number of methoxy groups -OCH3 is 1. The van der Waals surface area contributed by atoms with Gasteiger partial charge in [-0.25, -0.2) is 0 Å². The third-order valence-corrected chi connectivity index (χ3v) is 3.43. The molecule has 1 amide bonds. The third kappa shape index (κ3) is 3.63. The fourth-order valence-corrected chi connectivity index (χ4v) is 2.03. The van der Waals surface area contributed by atoms with Gasteiger partial charge in [-0.3, -0.25) is 9.59 Å². The number of carbonyl (C=O) groups excluding carboxylic acids is 2. The molecule has 1 fully saturated rings. The molecule has 1 aromatic rings. The summed E-state index contributed by atoms with van der Waals surface area (Å²) >= 11 is 5.86. The van der Waals surface area contributed by atoms with Crippen LogP contribution in [0.2, 0.25) is 5.02 Å². The molecular formula is C14H16ClNO4. The van der Waals surface area contributed by atoms with E-state index in [4.69, 9.17) is 21.1 Å². The first-order chi connectivity index (χ1) is 9.51. The summed E-state index contributed by atoms with van der Waals surface area (Å²) in [6, 6.07) is 4.88. The van der Waals surface area contributed by atoms with Crippen LogP contribution in [0.3, 0.4) is 0 Å². The maximum atomic E-state index is 11.7. The Morgan fingerprint density at radius 1 is 1.45 bits per heavy atom. The molecule has 0 heterocycles. The van der Waals surface area contributed by atoms with E-state index in [1.54, 1.807) is 18.2 Å². The van der Waals surface area contributed by atoms with Gasteiger partial charge in [0, 0.05) is 5.02 Å². The number of nitrogens with one attached hydrogen (secondary N) is 1. The van der Waals surface area contributed by atoms with Crippen molar-refractivity contribution >= 4 is 29.2 Å². The van der Waals surface area contributed by atoms with Crippen molar-refractivity contribution in [1.29, 1.82) is 0 Å². The van der Waals surface area contributed by atoms with Gasteiger partial charge < -0.3 is 14.8 Å². The average molecular weight is 298 g/mol. The van der Waals surface area contributed by atoms with Gasteiger partial charge >= 0.3 is 5.97 Å². The number of hydrogen-bond donors (Lipinski definition) is 1. The maximum absolute atomic E-state index is 11.7. The van der Waals surface area contributed by atoms with Crippen molar-refractivity contribution in [3.8, 4) is 5.75 Å². The van der Waals surface area contributed by atoms with E-state index in [-0.39, 0.29) is 18.5 Å². The number of esters is 1. The van der Waals surface area contributed by atoms with Crippen LogP contribution in [0.4, 0.5) is 5.69 Å². The minimum absolute atomic E-state index is 0.0523. The summed E-state index contributed by atoms with van der Waals surface area (Å²) in [6.45, 7) is 1.67. The highest BCUT2D eigenvalue weighted by Gasteiger charge is 2.40. The second-order valence-electron chi connectivity index (χ2n) is 4.82. The average Bonchev–Trinajstić information content (AvgIpc) is 3.13. The van der Waals surface area contributed by atoms with E-state index >= 15 is 0 Å². The summed E-state index contributed by atoms with van der Waals surface area (Å²) < 4.78 is 10.1. The Labute approximate surface area is 122 Å². The van der Waals surface area contributed by atoms with Gasteiger partial charge in [-0.1, -0.05) is 18.5 Å². The summed E-state index contributed by atoms with van der Waals surface area (Å²) in [4.78, 5) is 23.2. The van der Waals surface area contributed by atoms with Gasteiger partial charge in [0.05, 0.1) is 18.7 Å². The van der Waals surface area contributed by atoms with Crippen molar-refractivity contribution in [2.45, 2.75) is 13.3 Å². The molecule has 2 atom stereocenters. The van der Waals surface area contributed by atoms with Crippen LogP contribution in [0.15, 0.2) is 18.2 Å². The number of hydrogen-bond acceptors (Lipinski definition) is 4. The minimum atomic E-state index is -0.424. The number of amides is 1. The lowest BCUT2D eigenvalue weighted by Crippen LogP contribution is -2.22. The summed E-state index contributed by atoms with van der Waals surface area (Å²) in [5.41, 5.74) is 0.445. The van der Waals surface area contributed by atoms with Crippen LogP contribution in [-0.2, 0) is 14.3 Å². The SMILES string of the molecule is COc1ccc(Cl)cc1NC(=O)COC(=O)[C@@H]1C[C@H]1C. The maximum Gasteiger partial charge on any atom is 0.309 e. The Hall–Kier alpha value is -1.75. The zero-order valence-corrected chi connectivity index (χ0v) is 12.1. The monoisotopic (exact) mass is 297 g/mol. The van der Waals surface area contributed by atoms with Gasteiger partial charge in [0.25, 0.3) is 5.91 Å². The van der Waals surface area contributed by atoms with E-state index in [0.717, 1.165) is 6.42 Å². The Balaban J connectivity index is 1.88. The predicted octanol–water partition coefficient (Wildman–Crippen LogP) is 2.49. The number of halogens is 1. The largest absolute Gasteiger partial charge is 0.495 e. The van der Waals surface area contributed by atoms with Crippen molar-refractivity contribution < 1.29 is 19.1 Å².